The summed E-state index contributed by atoms with van der Waals surface area (Å²) in [5.41, 5.74) is -0.877. The molecule has 1 heterocycles. The van der Waals surface area contributed by atoms with Crippen LogP contribution in [0.3, 0.4) is 0 Å². The molecule has 0 bridgehead atoms. The summed E-state index contributed by atoms with van der Waals surface area (Å²) in [6, 6.07) is 2.45. The van der Waals surface area contributed by atoms with Crippen LogP contribution in [-0.2, 0) is 4.79 Å². The van der Waals surface area contributed by atoms with Crippen molar-refractivity contribution in [2.45, 2.75) is 58.9 Å². The minimum atomic E-state index is -0.877. The highest BCUT2D eigenvalue weighted by molar-refractivity contribution is 5.84. The van der Waals surface area contributed by atoms with E-state index in [1.807, 2.05) is 4.90 Å². The Bertz CT molecular complexity index is 291. The van der Waals surface area contributed by atoms with E-state index in [4.69, 9.17) is 5.26 Å². The molecule has 0 N–H and O–H groups in total. The predicted molar refractivity (Wildman–Crippen MR) is 63.7 cm³/mol. The molecule has 0 aromatic carbocycles. The van der Waals surface area contributed by atoms with Crippen LogP contribution >= 0.6 is 0 Å². The topological polar surface area (TPSA) is 44.1 Å². The number of hydrogen-bond acceptors (Lipinski definition) is 2. The van der Waals surface area contributed by atoms with Gasteiger partial charge in [-0.25, -0.2) is 0 Å². The van der Waals surface area contributed by atoms with Crippen LogP contribution in [0.1, 0.15) is 52.9 Å². The summed E-state index contributed by atoms with van der Waals surface area (Å²) < 4.78 is 0. The van der Waals surface area contributed by atoms with E-state index in [9.17, 15) is 4.79 Å². The Morgan fingerprint density at radius 1 is 1.44 bits per heavy atom. The van der Waals surface area contributed by atoms with E-state index in [1.165, 1.54) is 12.8 Å². The number of likely N-dealkylation sites (tertiary alicyclic amines) is 1. The Kier molecular flexibility index (Phi) is 4.35. The lowest BCUT2D eigenvalue weighted by Gasteiger charge is -2.33. The number of amides is 1. The molecule has 1 rings (SSSR count). The molecule has 3 heteroatoms. The van der Waals surface area contributed by atoms with Gasteiger partial charge in [0.15, 0.2) is 0 Å². The van der Waals surface area contributed by atoms with Crippen molar-refractivity contribution in [1.82, 2.24) is 4.90 Å². The molecule has 0 saturated carbocycles. The molecule has 3 nitrogen and oxygen atoms in total. The third-order valence-corrected chi connectivity index (χ3v) is 3.42. The highest BCUT2D eigenvalue weighted by Gasteiger charge is 2.35. The van der Waals surface area contributed by atoms with Crippen LogP contribution in [0.5, 0.6) is 0 Å². The SMILES string of the molecule is CCC1CCCCCN1C(=O)C(C)(C)C#N. The third kappa shape index (κ3) is 2.75. The quantitative estimate of drug-likeness (QED) is 0.721. The average molecular weight is 222 g/mol. The summed E-state index contributed by atoms with van der Waals surface area (Å²) in [5, 5.41) is 9.03. The first kappa shape index (κ1) is 13.0. The first-order chi connectivity index (χ1) is 7.53. The van der Waals surface area contributed by atoms with Crippen LogP contribution in [0.25, 0.3) is 0 Å². The van der Waals surface area contributed by atoms with Gasteiger partial charge in [-0.15, -0.1) is 0 Å². The van der Waals surface area contributed by atoms with Crippen LogP contribution in [-0.4, -0.2) is 23.4 Å². The van der Waals surface area contributed by atoms with E-state index in [-0.39, 0.29) is 5.91 Å². The van der Waals surface area contributed by atoms with Crippen LogP contribution in [0.2, 0.25) is 0 Å². The molecule has 1 amide bonds. The molecular weight excluding hydrogens is 200 g/mol. The Hall–Kier alpha value is -1.04. The fraction of sp³-hybridized carbons (Fsp3) is 0.846. The Morgan fingerprint density at radius 3 is 2.69 bits per heavy atom. The molecule has 0 aromatic heterocycles. The summed E-state index contributed by atoms with van der Waals surface area (Å²) in [6.45, 7) is 6.37. The van der Waals surface area contributed by atoms with Gasteiger partial charge in [-0.3, -0.25) is 4.79 Å². The second kappa shape index (κ2) is 5.34. The van der Waals surface area contributed by atoms with Crippen molar-refractivity contribution < 1.29 is 4.79 Å². The first-order valence-electron chi connectivity index (χ1n) is 6.25. The fourth-order valence-corrected chi connectivity index (χ4v) is 2.28. The predicted octanol–water partition coefficient (Wildman–Crippen LogP) is 2.72. The standard InChI is InChI=1S/C13H22N2O/c1-4-11-8-6-5-7-9-15(11)12(16)13(2,3)10-14/h11H,4-9H2,1-3H3. The maximum absolute atomic E-state index is 12.3. The van der Waals surface area contributed by atoms with Crippen LogP contribution in [0, 0.1) is 16.7 Å². The van der Waals surface area contributed by atoms with Crippen molar-refractivity contribution in [3.05, 3.63) is 0 Å². The monoisotopic (exact) mass is 222 g/mol. The van der Waals surface area contributed by atoms with Gasteiger partial charge in [0.05, 0.1) is 6.07 Å². The van der Waals surface area contributed by atoms with Crippen molar-refractivity contribution in [3.8, 4) is 6.07 Å². The first-order valence-corrected chi connectivity index (χ1v) is 6.25. The zero-order valence-electron chi connectivity index (χ0n) is 10.6. The molecular formula is C13H22N2O. The highest BCUT2D eigenvalue weighted by Crippen LogP contribution is 2.25. The van der Waals surface area contributed by atoms with Crippen molar-refractivity contribution in [2.75, 3.05) is 6.54 Å². The smallest absolute Gasteiger partial charge is 0.242 e. The lowest BCUT2D eigenvalue weighted by Crippen LogP contribution is -2.46. The number of carbonyl (C=O) groups excluding carboxylic acids is 1. The molecule has 1 atom stereocenters. The van der Waals surface area contributed by atoms with Gasteiger partial charge < -0.3 is 4.90 Å². The molecule has 0 aromatic rings. The van der Waals surface area contributed by atoms with Crippen LogP contribution in [0.4, 0.5) is 0 Å². The summed E-state index contributed by atoms with van der Waals surface area (Å²) in [5.74, 6) is 0.00347. The Balaban J connectivity index is 2.83. The van der Waals surface area contributed by atoms with Crippen molar-refractivity contribution in [2.24, 2.45) is 5.41 Å². The number of nitrogens with zero attached hydrogens (tertiary/aromatic N) is 2. The molecule has 1 fully saturated rings. The number of hydrogen-bond donors (Lipinski definition) is 0. The lowest BCUT2D eigenvalue weighted by molar-refractivity contribution is -0.140. The lowest BCUT2D eigenvalue weighted by atomic mass is 9.92. The summed E-state index contributed by atoms with van der Waals surface area (Å²) in [7, 11) is 0. The highest BCUT2D eigenvalue weighted by atomic mass is 16.2. The largest absolute Gasteiger partial charge is 0.338 e. The molecule has 0 radical (unpaired) electrons. The number of rotatable bonds is 2. The average Bonchev–Trinajstić information content (AvgIpc) is 2.52. The molecule has 0 spiro atoms. The van der Waals surface area contributed by atoms with E-state index in [0.29, 0.717) is 6.04 Å². The van der Waals surface area contributed by atoms with E-state index >= 15 is 0 Å². The second-order valence-electron chi connectivity index (χ2n) is 5.15. The van der Waals surface area contributed by atoms with Gasteiger partial charge >= 0.3 is 0 Å². The molecule has 16 heavy (non-hydrogen) atoms. The Labute approximate surface area is 98.4 Å². The van der Waals surface area contributed by atoms with E-state index in [2.05, 4.69) is 13.0 Å². The fourth-order valence-electron chi connectivity index (χ4n) is 2.28. The summed E-state index contributed by atoms with van der Waals surface area (Å²) >= 11 is 0. The molecule has 1 unspecified atom stereocenters. The summed E-state index contributed by atoms with van der Waals surface area (Å²) in [4.78, 5) is 14.2. The zero-order valence-corrected chi connectivity index (χ0v) is 10.6. The van der Waals surface area contributed by atoms with E-state index < -0.39 is 5.41 Å². The van der Waals surface area contributed by atoms with Gasteiger partial charge in [0.25, 0.3) is 0 Å². The summed E-state index contributed by atoms with van der Waals surface area (Å²) in [6.07, 6.45) is 5.56. The number of nitriles is 1. The molecule has 1 saturated heterocycles. The maximum atomic E-state index is 12.3. The van der Waals surface area contributed by atoms with E-state index in [1.54, 1.807) is 13.8 Å². The molecule has 1 aliphatic heterocycles. The van der Waals surface area contributed by atoms with Crippen LogP contribution in [0.15, 0.2) is 0 Å². The number of carbonyl (C=O) groups is 1. The molecule has 0 aliphatic carbocycles. The Morgan fingerprint density at radius 2 is 2.12 bits per heavy atom. The van der Waals surface area contributed by atoms with Gasteiger partial charge in [-0.2, -0.15) is 5.26 Å². The maximum Gasteiger partial charge on any atom is 0.242 e. The van der Waals surface area contributed by atoms with Gasteiger partial charge in [-0.1, -0.05) is 19.8 Å². The normalized spacial score (nSPS) is 22.4. The molecule has 90 valence electrons. The second-order valence-corrected chi connectivity index (χ2v) is 5.15. The van der Waals surface area contributed by atoms with Gasteiger partial charge in [0.2, 0.25) is 5.91 Å². The minimum Gasteiger partial charge on any atom is -0.338 e. The van der Waals surface area contributed by atoms with Crippen molar-refractivity contribution >= 4 is 5.91 Å². The van der Waals surface area contributed by atoms with Crippen LogP contribution < -0.4 is 0 Å². The van der Waals surface area contributed by atoms with Crippen molar-refractivity contribution in [3.63, 3.8) is 0 Å². The van der Waals surface area contributed by atoms with Crippen molar-refractivity contribution in [1.29, 1.82) is 5.26 Å². The van der Waals surface area contributed by atoms with E-state index in [0.717, 1.165) is 25.8 Å². The minimum absolute atomic E-state index is 0.00347. The molecule has 1 aliphatic rings. The van der Waals surface area contributed by atoms with Gasteiger partial charge in [0.1, 0.15) is 5.41 Å². The zero-order chi connectivity index (χ0) is 12.2. The van der Waals surface area contributed by atoms with Gasteiger partial charge in [-0.05, 0) is 33.1 Å². The third-order valence-electron chi connectivity index (χ3n) is 3.42. The van der Waals surface area contributed by atoms with Gasteiger partial charge in [0, 0.05) is 12.6 Å².